The van der Waals surface area contributed by atoms with Gasteiger partial charge < -0.3 is 9.67 Å². The van der Waals surface area contributed by atoms with E-state index in [9.17, 15) is 4.79 Å². The quantitative estimate of drug-likeness (QED) is 0.714. The van der Waals surface area contributed by atoms with E-state index >= 15 is 0 Å². The van der Waals surface area contributed by atoms with Gasteiger partial charge in [-0.1, -0.05) is 0 Å². The van der Waals surface area contributed by atoms with Crippen LogP contribution in [-0.2, 0) is 6.54 Å². The van der Waals surface area contributed by atoms with Gasteiger partial charge in [-0.15, -0.1) is 0 Å². The zero-order valence-electron chi connectivity index (χ0n) is 8.03. The Balaban J connectivity index is 2.65. The number of aliphatic hydroxyl groups is 1. The molecule has 0 aliphatic heterocycles. The lowest BCUT2D eigenvalue weighted by Crippen LogP contribution is -2.10. The van der Waals surface area contributed by atoms with Gasteiger partial charge in [0.2, 0.25) is 0 Å². The van der Waals surface area contributed by atoms with Crippen LogP contribution in [0.2, 0.25) is 0 Å². The van der Waals surface area contributed by atoms with Gasteiger partial charge in [-0.3, -0.25) is 4.79 Å². The van der Waals surface area contributed by atoms with Crippen molar-refractivity contribution in [2.24, 2.45) is 0 Å². The first-order chi connectivity index (χ1) is 6.11. The molecule has 1 aromatic rings. The normalized spacial score (nSPS) is 12.8. The van der Waals surface area contributed by atoms with Crippen LogP contribution in [0.1, 0.15) is 30.8 Å². The van der Waals surface area contributed by atoms with E-state index in [0.29, 0.717) is 18.7 Å². The van der Waals surface area contributed by atoms with Gasteiger partial charge >= 0.3 is 0 Å². The predicted octanol–water partition coefficient (Wildman–Crippen LogP) is 1.46. The number of rotatable bonds is 4. The summed E-state index contributed by atoms with van der Waals surface area (Å²) in [4.78, 5) is 11.1. The van der Waals surface area contributed by atoms with Crippen molar-refractivity contribution in [3.05, 3.63) is 24.0 Å². The highest BCUT2D eigenvalue weighted by Gasteiger charge is 2.05. The third kappa shape index (κ3) is 2.70. The molecule has 1 N–H and O–H groups in total. The Morgan fingerprint density at radius 2 is 2.38 bits per heavy atom. The molecule has 1 rings (SSSR count). The number of aryl methyl sites for hydroxylation is 1. The second-order valence-corrected chi connectivity index (χ2v) is 3.28. The molecule has 1 atom stereocenters. The molecule has 0 radical (unpaired) electrons. The summed E-state index contributed by atoms with van der Waals surface area (Å²) in [6.07, 6.45) is 2.22. The highest BCUT2D eigenvalue weighted by atomic mass is 16.3. The Hall–Kier alpha value is -1.09. The van der Waals surface area contributed by atoms with E-state index in [1.54, 1.807) is 19.9 Å². The Morgan fingerprint density at radius 3 is 2.92 bits per heavy atom. The van der Waals surface area contributed by atoms with Gasteiger partial charge in [0.15, 0.2) is 5.78 Å². The highest BCUT2D eigenvalue weighted by Crippen LogP contribution is 2.05. The third-order valence-electron chi connectivity index (χ3n) is 1.98. The number of ketones is 1. The summed E-state index contributed by atoms with van der Waals surface area (Å²) in [6.45, 7) is 3.99. The van der Waals surface area contributed by atoms with Crippen LogP contribution in [0.15, 0.2) is 18.3 Å². The van der Waals surface area contributed by atoms with Gasteiger partial charge in [0, 0.05) is 19.7 Å². The predicted molar refractivity (Wildman–Crippen MR) is 50.7 cm³/mol. The maximum Gasteiger partial charge on any atom is 0.176 e. The van der Waals surface area contributed by atoms with E-state index in [1.165, 1.54) is 0 Å². The van der Waals surface area contributed by atoms with Gasteiger partial charge in [-0.2, -0.15) is 0 Å². The number of carbonyl (C=O) groups excluding carboxylic acids is 1. The molecule has 0 aliphatic carbocycles. The number of carbonyl (C=O) groups is 1. The minimum atomic E-state index is -0.317. The van der Waals surface area contributed by atoms with Crippen molar-refractivity contribution < 1.29 is 9.90 Å². The molecule has 0 aromatic carbocycles. The van der Waals surface area contributed by atoms with Crippen LogP contribution in [0.5, 0.6) is 0 Å². The van der Waals surface area contributed by atoms with Gasteiger partial charge in [0.05, 0.1) is 11.8 Å². The molecular formula is C10H15NO2. The molecule has 0 aliphatic rings. The fourth-order valence-corrected chi connectivity index (χ4v) is 1.25. The maximum absolute atomic E-state index is 11.1. The van der Waals surface area contributed by atoms with Crippen LogP contribution in [0, 0.1) is 0 Å². The molecular weight excluding hydrogens is 166 g/mol. The number of hydrogen-bond acceptors (Lipinski definition) is 2. The second-order valence-electron chi connectivity index (χ2n) is 3.28. The van der Waals surface area contributed by atoms with Crippen LogP contribution in [0.25, 0.3) is 0 Å². The molecule has 0 fully saturated rings. The van der Waals surface area contributed by atoms with Crippen molar-refractivity contribution in [3.63, 3.8) is 0 Å². The SMILES string of the molecule is CC(=O)c1cccn1CCC(C)O. The van der Waals surface area contributed by atoms with Crippen molar-refractivity contribution in [3.8, 4) is 0 Å². The van der Waals surface area contributed by atoms with E-state index in [-0.39, 0.29) is 11.9 Å². The van der Waals surface area contributed by atoms with Crippen LogP contribution in [0.3, 0.4) is 0 Å². The summed E-state index contributed by atoms with van der Waals surface area (Å²) in [5.74, 6) is 0.0654. The first-order valence-corrected chi connectivity index (χ1v) is 4.45. The smallest absolute Gasteiger partial charge is 0.176 e. The third-order valence-corrected chi connectivity index (χ3v) is 1.98. The van der Waals surface area contributed by atoms with Gasteiger partial charge in [0.25, 0.3) is 0 Å². The summed E-state index contributed by atoms with van der Waals surface area (Å²) in [5, 5.41) is 9.08. The molecule has 0 saturated carbocycles. The first-order valence-electron chi connectivity index (χ1n) is 4.45. The molecule has 3 heteroatoms. The van der Waals surface area contributed by atoms with E-state index < -0.39 is 0 Å². The summed E-state index contributed by atoms with van der Waals surface area (Å²) in [5.41, 5.74) is 0.709. The Kier molecular flexibility index (Phi) is 3.25. The van der Waals surface area contributed by atoms with Crippen molar-refractivity contribution in [2.45, 2.75) is 32.9 Å². The van der Waals surface area contributed by atoms with E-state index in [0.717, 1.165) is 0 Å². The minimum Gasteiger partial charge on any atom is -0.393 e. The number of nitrogens with zero attached hydrogens (tertiary/aromatic N) is 1. The lowest BCUT2D eigenvalue weighted by atomic mass is 10.2. The molecule has 13 heavy (non-hydrogen) atoms. The van der Waals surface area contributed by atoms with Crippen LogP contribution < -0.4 is 0 Å². The van der Waals surface area contributed by atoms with Gasteiger partial charge in [-0.05, 0) is 25.5 Å². The van der Waals surface area contributed by atoms with Crippen molar-refractivity contribution >= 4 is 5.78 Å². The number of aliphatic hydroxyl groups excluding tert-OH is 1. The Bertz CT molecular complexity index is 289. The summed E-state index contributed by atoms with van der Waals surface area (Å²) >= 11 is 0. The zero-order chi connectivity index (χ0) is 9.84. The Morgan fingerprint density at radius 1 is 1.69 bits per heavy atom. The molecule has 3 nitrogen and oxygen atoms in total. The topological polar surface area (TPSA) is 42.2 Å². The molecule has 0 amide bonds. The molecule has 1 unspecified atom stereocenters. The highest BCUT2D eigenvalue weighted by molar-refractivity contribution is 5.92. The molecule has 1 aromatic heterocycles. The largest absolute Gasteiger partial charge is 0.393 e. The molecule has 72 valence electrons. The number of hydrogen-bond donors (Lipinski definition) is 1. The number of aromatic nitrogens is 1. The minimum absolute atomic E-state index is 0.0654. The zero-order valence-corrected chi connectivity index (χ0v) is 8.03. The lowest BCUT2D eigenvalue weighted by Gasteiger charge is -2.08. The van der Waals surface area contributed by atoms with Gasteiger partial charge in [0.1, 0.15) is 0 Å². The lowest BCUT2D eigenvalue weighted by molar-refractivity contribution is 0.100. The standard InChI is InChI=1S/C10H15NO2/c1-8(12)5-7-11-6-3-4-10(11)9(2)13/h3-4,6,8,12H,5,7H2,1-2H3. The molecule has 1 heterocycles. The van der Waals surface area contributed by atoms with E-state index in [2.05, 4.69) is 0 Å². The Labute approximate surface area is 78.0 Å². The summed E-state index contributed by atoms with van der Waals surface area (Å²) in [7, 11) is 0. The van der Waals surface area contributed by atoms with Crippen LogP contribution in [0.4, 0.5) is 0 Å². The van der Waals surface area contributed by atoms with Crippen molar-refractivity contribution in [1.82, 2.24) is 4.57 Å². The fourth-order valence-electron chi connectivity index (χ4n) is 1.25. The maximum atomic E-state index is 11.1. The van der Waals surface area contributed by atoms with Crippen molar-refractivity contribution in [1.29, 1.82) is 0 Å². The van der Waals surface area contributed by atoms with Crippen LogP contribution in [-0.4, -0.2) is 21.6 Å². The van der Waals surface area contributed by atoms with Crippen molar-refractivity contribution in [2.75, 3.05) is 0 Å². The second kappa shape index (κ2) is 4.23. The van der Waals surface area contributed by atoms with E-state index in [4.69, 9.17) is 5.11 Å². The monoisotopic (exact) mass is 181 g/mol. The average molecular weight is 181 g/mol. The summed E-state index contributed by atoms with van der Waals surface area (Å²) in [6, 6.07) is 3.64. The molecule has 0 saturated heterocycles. The van der Waals surface area contributed by atoms with Gasteiger partial charge in [-0.25, -0.2) is 0 Å². The molecule has 0 bridgehead atoms. The van der Waals surface area contributed by atoms with Crippen LogP contribution >= 0.6 is 0 Å². The average Bonchev–Trinajstić information content (AvgIpc) is 2.47. The first kappa shape index (κ1) is 9.99. The van der Waals surface area contributed by atoms with E-state index in [1.807, 2.05) is 16.8 Å². The summed E-state index contributed by atoms with van der Waals surface area (Å²) < 4.78 is 1.87. The fraction of sp³-hybridized carbons (Fsp3) is 0.500. The molecule has 0 spiro atoms. The number of Topliss-reactive ketones (excluding diaryl/α,β-unsaturated/α-hetero) is 1.